The van der Waals surface area contributed by atoms with Crippen molar-refractivity contribution in [1.29, 1.82) is 0 Å². The number of benzene rings is 1. The maximum absolute atomic E-state index is 11.4. The Hall–Kier alpha value is -1.49. The number of hydrogen-bond donors (Lipinski definition) is 2. The van der Waals surface area contributed by atoms with Crippen LogP contribution in [0.4, 0.5) is 11.4 Å². The number of sulfonamides is 1. The normalized spacial score (nSPS) is 11.0. The number of rotatable bonds is 4. The van der Waals surface area contributed by atoms with E-state index in [9.17, 15) is 8.42 Å². The van der Waals surface area contributed by atoms with Gasteiger partial charge in [0.15, 0.2) is 0 Å². The standard InChI is InChI=1S/C10H14N2O2S/c1-3-6-15(13,14)12-10-7-9(11)5-4-8(10)2/h3-5,7,12H,1,6,11H2,2H3. The number of nitrogen functional groups attached to an aromatic ring is 1. The Kier molecular flexibility index (Phi) is 3.36. The van der Waals surface area contributed by atoms with Gasteiger partial charge in [-0.2, -0.15) is 0 Å². The van der Waals surface area contributed by atoms with Gasteiger partial charge in [0.1, 0.15) is 0 Å². The summed E-state index contributed by atoms with van der Waals surface area (Å²) in [6.45, 7) is 5.19. The molecule has 15 heavy (non-hydrogen) atoms. The second-order valence-corrected chi connectivity index (χ2v) is 5.01. The molecule has 0 fully saturated rings. The van der Waals surface area contributed by atoms with Gasteiger partial charge in [0.05, 0.1) is 11.4 Å². The van der Waals surface area contributed by atoms with Crippen LogP contribution in [-0.2, 0) is 10.0 Å². The van der Waals surface area contributed by atoms with Gasteiger partial charge >= 0.3 is 0 Å². The fraction of sp³-hybridized carbons (Fsp3) is 0.200. The molecule has 1 aromatic rings. The average Bonchev–Trinajstić information content (AvgIpc) is 2.10. The first-order valence-corrected chi connectivity index (χ1v) is 6.07. The molecule has 3 N–H and O–H groups in total. The Bertz CT molecular complexity index is 466. The highest BCUT2D eigenvalue weighted by atomic mass is 32.2. The van der Waals surface area contributed by atoms with Crippen molar-refractivity contribution in [1.82, 2.24) is 0 Å². The summed E-state index contributed by atoms with van der Waals surface area (Å²) in [7, 11) is -3.35. The van der Waals surface area contributed by atoms with E-state index < -0.39 is 10.0 Å². The van der Waals surface area contributed by atoms with Crippen LogP contribution in [0, 0.1) is 6.92 Å². The first-order chi connectivity index (χ1) is 6.94. The Labute approximate surface area is 89.9 Å². The summed E-state index contributed by atoms with van der Waals surface area (Å²) in [4.78, 5) is 0. The van der Waals surface area contributed by atoms with E-state index >= 15 is 0 Å². The highest BCUT2D eigenvalue weighted by Gasteiger charge is 2.09. The van der Waals surface area contributed by atoms with Gasteiger partial charge in [-0.05, 0) is 24.6 Å². The molecule has 0 aromatic heterocycles. The van der Waals surface area contributed by atoms with Crippen LogP contribution in [0.3, 0.4) is 0 Å². The van der Waals surface area contributed by atoms with Crippen LogP contribution >= 0.6 is 0 Å². The molecule has 5 heteroatoms. The molecular weight excluding hydrogens is 212 g/mol. The third-order valence-electron chi connectivity index (χ3n) is 1.86. The molecule has 0 heterocycles. The van der Waals surface area contributed by atoms with E-state index in [2.05, 4.69) is 11.3 Å². The van der Waals surface area contributed by atoms with E-state index in [0.29, 0.717) is 11.4 Å². The number of nitrogens with two attached hydrogens (primary N) is 1. The van der Waals surface area contributed by atoms with Crippen molar-refractivity contribution in [3.8, 4) is 0 Å². The third-order valence-corrected chi connectivity index (χ3v) is 3.07. The lowest BCUT2D eigenvalue weighted by atomic mass is 10.2. The molecule has 0 aliphatic rings. The topological polar surface area (TPSA) is 72.2 Å². The Morgan fingerprint density at radius 3 is 2.80 bits per heavy atom. The zero-order valence-electron chi connectivity index (χ0n) is 8.53. The summed E-state index contributed by atoms with van der Waals surface area (Å²) in [6.07, 6.45) is 1.34. The van der Waals surface area contributed by atoms with E-state index in [1.165, 1.54) is 6.08 Å². The Balaban J connectivity index is 2.99. The molecule has 0 unspecified atom stereocenters. The first kappa shape index (κ1) is 11.6. The molecule has 0 saturated heterocycles. The van der Waals surface area contributed by atoms with Gasteiger partial charge in [0.25, 0.3) is 0 Å². The molecule has 0 bridgehead atoms. The van der Waals surface area contributed by atoms with Crippen molar-refractivity contribution < 1.29 is 8.42 Å². The lowest BCUT2D eigenvalue weighted by molar-refractivity contribution is 0.604. The minimum Gasteiger partial charge on any atom is -0.399 e. The summed E-state index contributed by atoms with van der Waals surface area (Å²) in [5.41, 5.74) is 7.43. The summed E-state index contributed by atoms with van der Waals surface area (Å²) in [6, 6.07) is 5.08. The first-order valence-electron chi connectivity index (χ1n) is 4.42. The molecule has 0 aliphatic heterocycles. The number of aryl methyl sites for hydroxylation is 1. The minimum atomic E-state index is -3.35. The molecule has 0 saturated carbocycles. The maximum atomic E-state index is 11.4. The lowest BCUT2D eigenvalue weighted by Gasteiger charge is -2.09. The van der Waals surface area contributed by atoms with Crippen molar-refractivity contribution in [2.24, 2.45) is 0 Å². The lowest BCUT2D eigenvalue weighted by Crippen LogP contribution is -2.16. The van der Waals surface area contributed by atoms with Crippen molar-refractivity contribution >= 4 is 21.4 Å². The second-order valence-electron chi connectivity index (χ2n) is 3.25. The summed E-state index contributed by atoms with van der Waals surface area (Å²) in [5.74, 6) is -0.110. The Morgan fingerprint density at radius 1 is 1.53 bits per heavy atom. The zero-order chi connectivity index (χ0) is 11.5. The molecule has 0 amide bonds. The smallest absolute Gasteiger partial charge is 0.236 e. The van der Waals surface area contributed by atoms with Gasteiger partial charge in [-0.3, -0.25) is 4.72 Å². The predicted octanol–water partition coefficient (Wildman–Crippen LogP) is 1.50. The number of anilines is 2. The largest absolute Gasteiger partial charge is 0.399 e. The minimum absolute atomic E-state index is 0.110. The highest BCUT2D eigenvalue weighted by molar-refractivity contribution is 7.92. The van der Waals surface area contributed by atoms with Gasteiger partial charge in [-0.1, -0.05) is 12.1 Å². The highest BCUT2D eigenvalue weighted by Crippen LogP contribution is 2.19. The van der Waals surface area contributed by atoms with Gasteiger partial charge in [-0.25, -0.2) is 8.42 Å². The van der Waals surface area contributed by atoms with Gasteiger partial charge in [-0.15, -0.1) is 6.58 Å². The fourth-order valence-corrected chi connectivity index (χ4v) is 2.06. The quantitative estimate of drug-likeness (QED) is 0.603. The van der Waals surface area contributed by atoms with Crippen molar-refractivity contribution in [3.63, 3.8) is 0 Å². The summed E-state index contributed by atoms with van der Waals surface area (Å²) in [5, 5.41) is 0. The molecule has 82 valence electrons. The maximum Gasteiger partial charge on any atom is 0.236 e. The van der Waals surface area contributed by atoms with Crippen LogP contribution in [-0.4, -0.2) is 14.2 Å². The van der Waals surface area contributed by atoms with Gasteiger partial charge < -0.3 is 5.73 Å². The van der Waals surface area contributed by atoms with Gasteiger partial charge in [0.2, 0.25) is 10.0 Å². The second kappa shape index (κ2) is 4.35. The molecular formula is C10H14N2O2S. The van der Waals surface area contributed by atoms with E-state index in [1.807, 2.05) is 6.92 Å². The van der Waals surface area contributed by atoms with Crippen LogP contribution in [0.15, 0.2) is 30.9 Å². The van der Waals surface area contributed by atoms with E-state index in [1.54, 1.807) is 18.2 Å². The fourth-order valence-electron chi connectivity index (χ4n) is 1.11. The summed E-state index contributed by atoms with van der Waals surface area (Å²) >= 11 is 0. The van der Waals surface area contributed by atoms with E-state index in [0.717, 1.165) is 5.56 Å². The molecule has 4 nitrogen and oxygen atoms in total. The average molecular weight is 226 g/mol. The van der Waals surface area contributed by atoms with E-state index in [-0.39, 0.29) is 5.75 Å². The molecule has 1 aromatic carbocycles. The molecule has 0 aliphatic carbocycles. The molecule has 0 spiro atoms. The molecule has 0 atom stereocenters. The number of nitrogens with one attached hydrogen (secondary N) is 1. The van der Waals surface area contributed by atoms with Crippen LogP contribution < -0.4 is 10.5 Å². The van der Waals surface area contributed by atoms with E-state index in [4.69, 9.17) is 5.73 Å². The monoisotopic (exact) mass is 226 g/mol. The van der Waals surface area contributed by atoms with Crippen LogP contribution in [0.25, 0.3) is 0 Å². The molecule has 0 radical (unpaired) electrons. The van der Waals surface area contributed by atoms with Crippen LogP contribution in [0.1, 0.15) is 5.56 Å². The van der Waals surface area contributed by atoms with Crippen molar-refractivity contribution in [3.05, 3.63) is 36.4 Å². The molecule has 1 rings (SSSR count). The van der Waals surface area contributed by atoms with Crippen molar-refractivity contribution in [2.75, 3.05) is 16.2 Å². The summed E-state index contributed by atoms with van der Waals surface area (Å²) < 4.78 is 25.3. The van der Waals surface area contributed by atoms with Crippen LogP contribution in [0.5, 0.6) is 0 Å². The zero-order valence-corrected chi connectivity index (χ0v) is 9.34. The van der Waals surface area contributed by atoms with Gasteiger partial charge in [0, 0.05) is 5.69 Å². The Morgan fingerprint density at radius 2 is 2.20 bits per heavy atom. The van der Waals surface area contributed by atoms with Crippen molar-refractivity contribution in [2.45, 2.75) is 6.92 Å². The SMILES string of the molecule is C=CCS(=O)(=O)Nc1cc(N)ccc1C. The predicted molar refractivity (Wildman–Crippen MR) is 63.2 cm³/mol. The van der Waals surface area contributed by atoms with Crippen LogP contribution in [0.2, 0.25) is 0 Å². The third kappa shape index (κ3) is 3.28. The number of hydrogen-bond acceptors (Lipinski definition) is 3.